The number of benzene rings is 1. The van der Waals surface area contributed by atoms with Crippen molar-refractivity contribution in [3.05, 3.63) is 47.9 Å². The Morgan fingerprint density at radius 1 is 1.30 bits per heavy atom. The van der Waals surface area contributed by atoms with Crippen molar-refractivity contribution < 1.29 is 17.5 Å². The van der Waals surface area contributed by atoms with Crippen molar-refractivity contribution in [1.29, 1.82) is 0 Å². The van der Waals surface area contributed by atoms with Crippen LogP contribution in [0, 0.1) is 5.82 Å². The molecule has 0 aliphatic heterocycles. The van der Waals surface area contributed by atoms with Crippen LogP contribution in [0.2, 0.25) is 0 Å². The fourth-order valence-electron chi connectivity index (χ4n) is 1.69. The molecule has 0 saturated carbocycles. The lowest BCUT2D eigenvalue weighted by Gasteiger charge is -2.07. The number of nitrogens with zero attached hydrogens (tertiary/aromatic N) is 1. The van der Waals surface area contributed by atoms with Gasteiger partial charge in [-0.3, -0.25) is 0 Å². The Bertz CT molecular complexity index is 732. The van der Waals surface area contributed by atoms with Gasteiger partial charge in [0.05, 0.1) is 18.6 Å². The summed E-state index contributed by atoms with van der Waals surface area (Å²) in [5.41, 5.74) is 5.84. The Kier molecular flexibility index (Phi) is 3.89. The number of aromatic nitrogens is 1. The van der Waals surface area contributed by atoms with Crippen molar-refractivity contribution >= 4 is 15.5 Å². The fourth-order valence-corrected chi connectivity index (χ4v) is 3.03. The number of anilines is 1. The molecule has 2 aromatic rings. The molecule has 0 spiro atoms. The second-order valence-electron chi connectivity index (χ2n) is 4.12. The second kappa shape index (κ2) is 5.46. The Balaban J connectivity index is 2.35. The Labute approximate surface area is 116 Å². The Morgan fingerprint density at radius 2 is 2.05 bits per heavy atom. The van der Waals surface area contributed by atoms with Crippen LogP contribution in [0.5, 0.6) is 5.88 Å². The van der Waals surface area contributed by atoms with Gasteiger partial charge < -0.3 is 10.5 Å². The maximum absolute atomic E-state index is 13.7. The van der Waals surface area contributed by atoms with Crippen molar-refractivity contribution in [3.63, 3.8) is 0 Å². The summed E-state index contributed by atoms with van der Waals surface area (Å²) in [6, 6.07) is 8.23. The zero-order valence-corrected chi connectivity index (χ0v) is 11.5. The number of hydrogen-bond donors (Lipinski definition) is 1. The zero-order valence-electron chi connectivity index (χ0n) is 10.7. The van der Waals surface area contributed by atoms with E-state index in [1.165, 1.54) is 19.2 Å². The number of rotatable bonds is 4. The van der Waals surface area contributed by atoms with Crippen LogP contribution in [0.1, 0.15) is 5.69 Å². The van der Waals surface area contributed by atoms with Gasteiger partial charge in [-0.25, -0.2) is 17.8 Å². The van der Waals surface area contributed by atoms with Gasteiger partial charge in [0, 0.05) is 11.8 Å². The van der Waals surface area contributed by atoms with Gasteiger partial charge in [0.1, 0.15) is 10.7 Å². The molecular weight excluding hydrogens is 283 g/mol. The van der Waals surface area contributed by atoms with Crippen LogP contribution in [0.3, 0.4) is 0 Å². The topological polar surface area (TPSA) is 82.3 Å². The molecular formula is C13H13FN2O3S. The van der Waals surface area contributed by atoms with Crippen molar-refractivity contribution in [1.82, 2.24) is 4.98 Å². The lowest BCUT2D eigenvalue weighted by Crippen LogP contribution is -2.09. The van der Waals surface area contributed by atoms with E-state index in [1.54, 1.807) is 12.1 Å². The molecule has 0 aliphatic rings. The van der Waals surface area contributed by atoms with E-state index in [2.05, 4.69) is 4.98 Å². The van der Waals surface area contributed by atoms with Gasteiger partial charge in [0.25, 0.3) is 0 Å². The molecule has 5 nitrogen and oxygen atoms in total. The number of sulfone groups is 1. The first-order valence-electron chi connectivity index (χ1n) is 5.70. The molecule has 1 aromatic heterocycles. The molecule has 0 aliphatic carbocycles. The Morgan fingerprint density at radius 3 is 2.70 bits per heavy atom. The number of ether oxygens (including phenoxy) is 1. The molecule has 0 fully saturated rings. The van der Waals surface area contributed by atoms with Crippen LogP contribution in [0.15, 0.2) is 41.3 Å². The van der Waals surface area contributed by atoms with E-state index < -0.39 is 26.3 Å². The summed E-state index contributed by atoms with van der Waals surface area (Å²) in [5.74, 6) is -0.978. The molecule has 0 radical (unpaired) electrons. The molecule has 20 heavy (non-hydrogen) atoms. The van der Waals surface area contributed by atoms with E-state index in [-0.39, 0.29) is 11.4 Å². The van der Waals surface area contributed by atoms with E-state index in [1.807, 2.05) is 0 Å². The third kappa shape index (κ3) is 3.05. The predicted molar refractivity (Wildman–Crippen MR) is 72.5 cm³/mol. The highest BCUT2D eigenvalue weighted by Crippen LogP contribution is 2.21. The van der Waals surface area contributed by atoms with Gasteiger partial charge in [0.2, 0.25) is 5.88 Å². The van der Waals surface area contributed by atoms with E-state index in [4.69, 9.17) is 10.5 Å². The van der Waals surface area contributed by atoms with Gasteiger partial charge in [-0.2, -0.15) is 0 Å². The van der Waals surface area contributed by atoms with Gasteiger partial charge in [-0.05, 0) is 24.3 Å². The minimum atomic E-state index is -3.83. The molecule has 7 heteroatoms. The van der Waals surface area contributed by atoms with Crippen LogP contribution < -0.4 is 10.5 Å². The fraction of sp³-hybridized carbons (Fsp3) is 0.154. The Hall–Kier alpha value is -2.15. The molecule has 0 saturated heterocycles. The number of nitrogen functional groups attached to an aromatic ring is 1. The van der Waals surface area contributed by atoms with E-state index in [0.29, 0.717) is 5.88 Å². The molecule has 0 amide bonds. The largest absolute Gasteiger partial charge is 0.481 e. The van der Waals surface area contributed by atoms with Crippen LogP contribution in [0.25, 0.3) is 0 Å². The summed E-state index contributed by atoms with van der Waals surface area (Å²) >= 11 is 0. The van der Waals surface area contributed by atoms with E-state index in [9.17, 15) is 12.8 Å². The molecule has 1 heterocycles. The highest BCUT2D eigenvalue weighted by Gasteiger charge is 2.20. The molecule has 2 N–H and O–H groups in total. The van der Waals surface area contributed by atoms with E-state index >= 15 is 0 Å². The summed E-state index contributed by atoms with van der Waals surface area (Å²) in [4.78, 5) is 3.61. The van der Waals surface area contributed by atoms with Crippen molar-refractivity contribution in [2.75, 3.05) is 12.8 Å². The quantitative estimate of drug-likeness (QED) is 0.870. The summed E-state index contributed by atoms with van der Waals surface area (Å²) in [5, 5.41) is 0. The highest BCUT2D eigenvalue weighted by molar-refractivity contribution is 7.90. The predicted octanol–water partition coefficient (Wildman–Crippen LogP) is 1.79. The molecule has 2 rings (SSSR count). The minimum Gasteiger partial charge on any atom is -0.481 e. The monoisotopic (exact) mass is 296 g/mol. The normalized spacial score (nSPS) is 11.3. The maximum Gasteiger partial charge on any atom is 0.213 e. The third-order valence-corrected chi connectivity index (χ3v) is 4.30. The number of halogens is 1. The number of methoxy groups -OCH3 is 1. The van der Waals surface area contributed by atoms with Crippen LogP contribution >= 0.6 is 0 Å². The van der Waals surface area contributed by atoms with Crippen molar-refractivity contribution in [2.45, 2.75) is 10.6 Å². The van der Waals surface area contributed by atoms with E-state index in [0.717, 1.165) is 12.1 Å². The van der Waals surface area contributed by atoms with Gasteiger partial charge in [0.15, 0.2) is 9.84 Å². The first-order chi connectivity index (χ1) is 9.42. The minimum absolute atomic E-state index is 0.168. The summed E-state index contributed by atoms with van der Waals surface area (Å²) < 4.78 is 43.0. The summed E-state index contributed by atoms with van der Waals surface area (Å²) in [6.07, 6.45) is 0. The van der Waals surface area contributed by atoms with Crippen LogP contribution in [0.4, 0.5) is 10.1 Å². The SMILES string of the molecule is COc1cccc(CS(=O)(=O)c2ccc(N)cc2F)n1. The molecule has 106 valence electrons. The summed E-state index contributed by atoms with van der Waals surface area (Å²) in [6.45, 7) is 0. The van der Waals surface area contributed by atoms with Crippen LogP contribution in [-0.4, -0.2) is 20.5 Å². The first kappa shape index (κ1) is 14.3. The first-order valence-corrected chi connectivity index (χ1v) is 7.35. The van der Waals surface area contributed by atoms with Gasteiger partial charge in [-0.1, -0.05) is 6.07 Å². The standard InChI is InChI=1S/C13H13FN2O3S/c1-19-13-4-2-3-10(16-13)8-20(17,18)12-6-5-9(15)7-11(12)14/h2-7H,8,15H2,1H3. The lowest BCUT2D eigenvalue weighted by atomic mass is 10.3. The molecule has 0 bridgehead atoms. The molecule has 1 aromatic carbocycles. The smallest absolute Gasteiger partial charge is 0.213 e. The highest BCUT2D eigenvalue weighted by atomic mass is 32.2. The van der Waals surface area contributed by atoms with Gasteiger partial charge in [-0.15, -0.1) is 0 Å². The average Bonchev–Trinajstić information content (AvgIpc) is 2.37. The number of pyridine rings is 1. The van der Waals surface area contributed by atoms with Crippen molar-refractivity contribution in [3.8, 4) is 5.88 Å². The van der Waals surface area contributed by atoms with Crippen LogP contribution in [-0.2, 0) is 15.6 Å². The summed E-state index contributed by atoms with van der Waals surface area (Å²) in [7, 11) is -2.40. The lowest BCUT2D eigenvalue weighted by molar-refractivity contribution is 0.396. The molecule has 0 atom stereocenters. The average molecular weight is 296 g/mol. The third-order valence-electron chi connectivity index (χ3n) is 2.62. The number of nitrogens with two attached hydrogens (primary N) is 1. The molecule has 0 unspecified atom stereocenters. The van der Waals surface area contributed by atoms with Crippen molar-refractivity contribution in [2.24, 2.45) is 0 Å². The maximum atomic E-state index is 13.7. The second-order valence-corrected chi connectivity index (χ2v) is 6.08. The number of hydrogen-bond acceptors (Lipinski definition) is 5. The van der Waals surface area contributed by atoms with Gasteiger partial charge >= 0.3 is 0 Å². The zero-order chi connectivity index (χ0) is 14.8.